The van der Waals surface area contributed by atoms with Crippen LogP contribution in [0, 0.1) is 0 Å². The molecule has 1 aromatic heterocycles. The molecule has 0 spiro atoms. The van der Waals surface area contributed by atoms with E-state index in [-0.39, 0.29) is 24.2 Å². The highest BCUT2D eigenvalue weighted by Crippen LogP contribution is 2.34. The monoisotopic (exact) mass is 376 g/mol. The zero-order valence-electron chi connectivity index (χ0n) is 15.7. The van der Waals surface area contributed by atoms with Gasteiger partial charge in [-0.3, -0.25) is 9.69 Å². The maximum Gasteiger partial charge on any atom is 0.289 e. The minimum absolute atomic E-state index is 0.182. The third kappa shape index (κ3) is 3.21. The number of rotatable bonds is 3. The molecule has 2 aliphatic rings. The second-order valence-electron chi connectivity index (χ2n) is 7.60. The van der Waals surface area contributed by atoms with Gasteiger partial charge in [-0.05, 0) is 37.1 Å². The fourth-order valence-corrected chi connectivity index (χ4v) is 4.49. The highest BCUT2D eigenvalue weighted by Gasteiger charge is 2.40. The predicted molar refractivity (Wildman–Crippen MR) is 107 cm³/mol. The molecule has 5 nitrogen and oxygen atoms in total. The van der Waals surface area contributed by atoms with Crippen molar-refractivity contribution in [2.24, 2.45) is 0 Å². The van der Waals surface area contributed by atoms with Gasteiger partial charge in [-0.15, -0.1) is 0 Å². The van der Waals surface area contributed by atoms with E-state index in [0.717, 1.165) is 30.4 Å². The van der Waals surface area contributed by atoms with Gasteiger partial charge in [0.2, 0.25) is 0 Å². The average molecular weight is 376 g/mol. The smallest absolute Gasteiger partial charge is 0.289 e. The van der Waals surface area contributed by atoms with Crippen LogP contribution >= 0.6 is 0 Å². The zero-order chi connectivity index (χ0) is 18.9. The molecule has 5 heteroatoms. The molecule has 5 rings (SSSR count). The first-order valence-corrected chi connectivity index (χ1v) is 10.0. The Morgan fingerprint density at radius 1 is 1.04 bits per heavy atom. The molecular weight excluding hydrogens is 352 g/mol. The number of furan rings is 1. The van der Waals surface area contributed by atoms with E-state index in [4.69, 9.17) is 9.15 Å². The number of para-hydroxylation sites is 1. The number of nitrogens with zero attached hydrogens (tertiary/aromatic N) is 1. The fourth-order valence-electron chi connectivity index (χ4n) is 4.49. The van der Waals surface area contributed by atoms with Crippen molar-refractivity contribution >= 4 is 16.9 Å². The molecule has 0 saturated carbocycles. The van der Waals surface area contributed by atoms with Gasteiger partial charge in [0.15, 0.2) is 5.76 Å². The van der Waals surface area contributed by atoms with Crippen molar-refractivity contribution in [1.82, 2.24) is 10.2 Å². The average Bonchev–Trinajstić information content (AvgIpc) is 3.19. The summed E-state index contributed by atoms with van der Waals surface area (Å²) in [6.07, 6.45) is 3.04. The van der Waals surface area contributed by atoms with Crippen LogP contribution in [-0.4, -0.2) is 36.2 Å². The van der Waals surface area contributed by atoms with Gasteiger partial charge in [-0.25, -0.2) is 0 Å². The Bertz CT molecular complexity index is 935. The topological polar surface area (TPSA) is 54.7 Å². The molecule has 3 heterocycles. The summed E-state index contributed by atoms with van der Waals surface area (Å²) in [6, 6.07) is 20.4. The van der Waals surface area contributed by atoms with E-state index < -0.39 is 0 Å². The minimum atomic E-state index is -0.319. The van der Waals surface area contributed by atoms with E-state index in [9.17, 15) is 4.79 Å². The van der Waals surface area contributed by atoms with Gasteiger partial charge in [0, 0.05) is 5.39 Å². The molecule has 0 radical (unpaired) electrons. The van der Waals surface area contributed by atoms with Crippen LogP contribution in [0.5, 0.6) is 0 Å². The SMILES string of the molecule is O=C(NC1OCC(c2ccccc2)N2CCCCC12)c1cc2ccccc2o1. The van der Waals surface area contributed by atoms with Crippen LogP contribution in [-0.2, 0) is 4.74 Å². The van der Waals surface area contributed by atoms with Crippen molar-refractivity contribution in [3.05, 3.63) is 72.0 Å². The second-order valence-corrected chi connectivity index (χ2v) is 7.60. The van der Waals surface area contributed by atoms with Crippen molar-refractivity contribution in [3.8, 4) is 0 Å². The number of hydrogen-bond donors (Lipinski definition) is 1. The summed E-state index contributed by atoms with van der Waals surface area (Å²) in [5, 5.41) is 4.00. The number of nitrogens with one attached hydrogen (secondary N) is 1. The molecule has 0 aliphatic carbocycles. The van der Waals surface area contributed by atoms with Gasteiger partial charge >= 0.3 is 0 Å². The predicted octanol–water partition coefficient (Wildman–Crippen LogP) is 4.11. The van der Waals surface area contributed by atoms with Crippen molar-refractivity contribution in [3.63, 3.8) is 0 Å². The van der Waals surface area contributed by atoms with Gasteiger partial charge in [0.1, 0.15) is 11.8 Å². The number of carbonyl (C=O) groups excluding carboxylic acids is 1. The molecule has 2 aliphatic heterocycles. The molecule has 1 N–H and O–H groups in total. The highest BCUT2D eigenvalue weighted by molar-refractivity contribution is 5.96. The molecular formula is C23H24N2O3. The largest absolute Gasteiger partial charge is 0.451 e. The number of benzene rings is 2. The maximum atomic E-state index is 12.8. The first-order valence-electron chi connectivity index (χ1n) is 10.0. The Labute approximate surface area is 164 Å². The van der Waals surface area contributed by atoms with Crippen LogP contribution in [0.2, 0.25) is 0 Å². The maximum absolute atomic E-state index is 12.8. The molecule has 3 atom stereocenters. The number of fused-ring (bicyclic) bond motifs is 2. The van der Waals surface area contributed by atoms with Crippen molar-refractivity contribution in [1.29, 1.82) is 0 Å². The fraction of sp³-hybridized carbons (Fsp3) is 0.348. The molecule has 3 aromatic rings. The molecule has 144 valence electrons. The lowest BCUT2D eigenvalue weighted by Gasteiger charge is -2.48. The van der Waals surface area contributed by atoms with E-state index in [1.807, 2.05) is 30.3 Å². The normalized spacial score (nSPS) is 25.4. The van der Waals surface area contributed by atoms with E-state index >= 15 is 0 Å². The zero-order valence-corrected chi connectivity index (χ0v) is 15.7. The lowest BCUT2D eigenvalue weighted by atomic mass is 9.93. The number of amides is 1. The molecule has 3 unspecified atom stereocenters. The standard InChI is InChI=1S/C23H24N2O3/c26-22(21-14-17-10-4-5-12-20(17)28-21)24-23-18-11-6-7-13-25(18)19(15-27-23)16-8-2-1-3-9-16/h1-5,8-10,12,14,18-19,23H,6-7,11,13,15H2,(H,24,26). The number of carbonyl (C=O) groups is 1. The van der Waals surface area contributed by atoms with Crippen molar-refractivity contribution in [2.75, 3.05) is 13.2 Å². The Morgan fingerprint density at radius 2 is 1.86 bits per heavy atom. The Hall–Kier alpha value is -2.63. The summed E-state index contributed by atoms with van der Waals surface area (Å²) in [5.41, 5.74) is 2.00. The number of morpholine rings is 1. The summed E-state index contributed by atoms with van der Waals surface area (Å²) >= 11 is 0. The van der Waals surface area contributed by atoms with Gasteiger partial charge in [-0.2, -0.15) is 0 Å². The van der Waals surface area contributed by atoms with Crippen LogP contribution in [0.25, 0.3) is 11.0 Å². The first-order chi connectivity index (χ1) is 13.8. The van der Waals surface area contributed by atoms with E-state index in [1.165, 1.54) is 12.0 Å². The lowest BCUT2D eigenvalue weighted by molar-refractivity contribution is -0.126. The van der Waals surface area contributed by atoms with Crippen LogP contribution in [0.1, 0.15) is 41.4 Å². The molecule has 2 aromatic carbocycles. The third-order valence-corrected chi connectivity index (χ3v) is 5.88. The van der Waals surface area contributed by atoms with Gasteiger partial charge in [-0.1, -0.05) is 55.0 Å². The van der Waals surface area contributed by atoms with Gasteiger partial charge < -0.3 is 14.5 Å². The first kappa shape index (κ1) is 17.5. The van der Waals surface area contributed by atoms with E-state index in [2.05, 4.69) is 34.5 Å². The molecule has 2 fully saturated rings. The van der Waals surface area contributed by atoms with Crippen molar-refractivity contribution < 1.29 is 13.9 Å². The summed E-state index contributed by atoms with van der Waals surface area (Å²) in [5.74, 6) is 0.113. The number of hydrogen-bond acceptors (Lipinski definition) is 4. The Kier molecular flexibility index (Phi) is 4.63. The second kappa shape index (κ2) is 7.41. The summed E-state index contributed by atoms with van der Waals surface area (Å²) < 4.78 is 11.9. The summed E-state index contributed by atoms with van der Waals surface area (Å²) in [7, 11) is 0. The van der Waals surface area contributed by atoms with E-state index in [1.54, 1.807) is 6.07 Å². The molecule has 28 heavy (non-hydrogen) atoms. The summed E-state index contributed by atoms with van der Waals surface area (Å²) in [4.78, 5) is 15.3. The van der Waals surface area contributed by atoms with Crippen LogP contribution in [0.4, 0.5) is 0 Å². The van der Waals surface area contributed by atoms with Crippen LogP contribution < -0.4 is 5.32 Å². The minimum Gasteiger partial charge on any atom is -0.451 e. The quantitative estimate of drug-likeness (QED) is 0.747. The molecule has 2 saturated heterocycles. The van der Waals surface area contributed by atoms with Crippen LogP contribution in [0.15, 0.2) is 65.1 Å². The lowest BCUT2D eigenvalue weighted by Crippen LogP contribution is -2.60. The third-order valence-electron chi connectivity index (χ3n) is 5.88. The van der Waals surface area contributed by atoms with Gasteiger partial charge in [0.05, 0.1) is 18.7 Å². The van der Waals surface area contributed by atoms with Crippen LogP contribution in [0.3, 0.4) is 0 Å². The number of piperidine rings is 1. The molecule has 0 bridgehead atoms. The Balaban J connectivity index is 1.35. The van der Waals surface area contributed by atoms with Crippen molar-refractivity contribution in [2.45, 2.75) is 37.6 Å². The molecule has 1 amide bonds. The van der Waals surface area contributed by atoms with Gasteiger partial charge in [0.25, 0.3) is 5.91 Å². The number of ether oxygens (including phenoxy) is 1. The Morgan fingerprint density at radius 3 is 2.71 bits per heavy atom. The summed E-state index contributed by atoms with van der Waals surface area (Å²) in [6.45, 7) is 1.61. The highest BCUT2D eigenvalue weighted by atomic mass is 16.5. The van der Waals surface area contributed by atoms with E-state index in [0.29, 0.717) is 12.4 Å².